The molecule has 0 saturated carbocycles. The predicted octanol–water partition coefficient (Wildman–Crippen LogP) is 18.5. The number of hydrogen-bond donors (Lipinski definition) is 1. The lowest BCUT2D eigenvalue weighted by atomic mass is 10.0. The second-order valence-corrected chi connectivity index (χ2v) is 22.8. The van der Waals surface area contributed by atoms with Crippen LogP contribution in [0.3, 0.4) is 0 Å². The Hall–Kier alpha value is -2.03. The van der Waals surface area contributed by atoms with Crippen LogP contribution in [0.25, 0.3) is 0 Å². The monoisotopic (exact) mass is 1020 g/mol. The minimum absolute atomic E-state index is 0.0344. The Bertz CT molecular complexity index is 1340. The lowest BCUT2D eigenvalue weighted by Gasteiger charge is -2.24. The second kappa shape index (κ2) is 52.8. The van der Waals surface area contributed by atoms with E-state index in [4.69, 9.17) is 18.5 Å². The maximum absolute atomic E-state index is 12.8. The molecule has 0 radical (unpaired) electrons. The first-order chi connectivity index (χ1) is 34.5. The Morgan fingerprint density at radius 3 is 1.20 bits per heavy atom. The van der Waals surface area contributed by atoms with Gasteiger partial charge in [0.15, 0.2) is 6.10 Å². The number of carbonyl (C=O) groups excluding carboxylic acids is 2. The number of allylic oxidation sites excluding steroid dienone is 8. The van der Waals surface area contributed by atoms with Crippen molar-refractivity contribution in [1.29, 1.82) is 0 Å². The van der Waals surface area contributed by atoms with Crippen LogP contribution in [0, 0.1) is 0 Å². The van der Waals surface area contributed by atoms with Crippen molar-refractivity contribution < 1.29 is 42.1 Å². The lowest BCUT2D eigenvalue weighted by Crippen LogP contribution is -2.37. The van der Waals surface area contributed by atoms with Crippen molar-refractivity contribution in [3.05, 3.63) is 48.6 Å². The zero-order chi connectivity index (χ0) is 52.0. The van der Waals surface area contributed by atoms with E-state index in [2.05, 4.69) is 62.5 Å². The summed E-state index contributed by atoms with van der Waals surface area (Å²) in [5.41, 5.74) is 0. The first-order valence-corrected chi connectivity index (χ1v) is 31.4. The summed E-state index contributed by atoms with van der Waals surface area (Å²) in [7, 11) is 1.49. The van der Waals surface area contributed by atoms with Gasteiger partial charge in [0.2, 0.25) is 0 Å². The molecule has 0 heterocycles. The van der Waals surface area contributed by atoms with Crippen molar-refractivity contribution in [2.45, 2.75) is 283 Å². The van der Waals surface area contributed by atoms with Crippen molar-refractivity contribution in [3.8, 4) is 0 Å². The first-order valence-electron chi connectivity index (χ1n) is 29.9. The van der Waals surface area contributed by atoms with E-state index < -0.39 is 26.5 Å². The van der Waals surface area contributed by atoms with Crippen LogP contribution in [0.15, 0.2) is 48.6 Å². The van der Waals surface area contributed by atoms with Crippen LogP contribution in [0.1, 0.15) is 277 Å². The molecular weight excluding hydrogens is 906 g/mol. The van der Waals surface area contributed by atoms with Crippen LogP contribution in [-0.4, -0.2) is 74.9 Å². The molecule has 0 rings (SSSR count). The SMILES string of the molecule is CC/C=C\C/C=C\C/C=C\C/C=C\CCCCCCCCCCCCCCCCCCCCCCCCC(=O)OC(COC(=O)CCCCCCCCCCCCCC)COP(=O)(O)OCC[N+](C)(C)C. The maximum Gasteiger partial charge on any atom is 0.472 e. The second-order valence-electron chi connectivity index (χ2n) is 21.4. The molecule has 71 heavy (non-hydrogen) atoms. The minimum atomic E-state index is -4.38. The van der Waals surface area contributed by atoms with Gasteiger partial charge in [0.05, 0.1) is 27.7 Å². The van der Waals surface area contributed by atoms with Gasteiger partial charge >= 0.3 is 19.8 Å². The van der Waals surface area contributed by atoms with Crippen molar-refractivity contribution in [2.75, 3.05) is 47.5 Å². The summed E-state index contributed by atoms with van der Waals surface area (Å²) >= 11 is 0. The molecule has 0 aromatic carbocycles. The Morgan fingerprint density at radius 2 is 0.803 bits per heavy atom. The summed E-state index contributed by atoms with van der Waals surface area (Å²) in [5.74, 6) is -0.784. The molecule has 0 aliphatic carbocycles. The van der Waals surface area contributed by atoms with E-state index >= 15 is 0 Å². The highest BCUT2D eigenvalue weighted by molar-refractivity contribution is 7.47. The van der Waals surface area contributed by atoms with Crippen LogP contribution in [-0.2, 0) is 32.7 Å². The van der Waals surface area contributed by atoms with Gasteiger partial charge in [-0.3, -0.25) is 18.6 Å². The van der Waals surface area contributed by atoms with E-state index in [9.17, 15) is 19.0 Å². The molecular formula is C61H115NO8P+. The highest BCUT2D eigenvalue weighted by Crippen LogP contribution is 2.43. The summed E-state index contributed by atoms with van der Waals surface area (Å²) in [5, 5.41) is 0. The maximum atomic E-state index is 12.8. The fraction of sp³-hybridized carbons (Fsp3) is 0.836. The van der Waals surface area contributed by atoms with Crippen LogP contribution in [0.4, 0.5) is 0 Å². The molecule has 0 amide bonds. The average Bonchev–Trinajstić information content (AvgIpc) is 3.33. The summed E-state index contributed by atoms with van der Waals surface area (Å²) < 4.78 is 34.5. The van der Waals surface area contributed by atoms with Crippen LogP contribution in [0.2, 0.25) is 0 Å². The van der Waals surface area contributed by atoms with Crippen molar-refractivity contribution in [2.24, 2.45) is 0 Å². The third-order valence-electron chi connectivity index (χ3n) is 13.1. The van der Waals surface area contributed by atoms with Gasteiger partial charge in [0.25, 0.3) is 0 Å². The molecule has 0 aromatic rings. The third-order valence-corrected chi connectivity index (χ3v) is 14.1. The molecule has 2 unspecified atom stereocenters. The smallest absolute Gasteiger partial charge is 0.462 e. The average molecular weight is 1020 g/mol. The Balaban J connectivity index is 3.93. The highest BCUT2D eigenvalue weighted by atomic mass is 31.2. The fourth-order valence-corrected chi connectivity index (χ4v) is 9.28. The molecule has 0 spiro atoms. The molecule has 0 fully saturated rings. The Kier molecular flexibility index (Phi) is 51.3. The number of likely N-dealkylation sites (N-methyl/N-ethyl adjacent to an activating group) is 1. The van der Waals surface area contributed by atoms with Crippen molar-refractivity contribution in [1.82, 2.24) is 0 Å². The summed E-state index contributed by atoms with van der Waals surface area (Å²) in [6, 6.07) is 0. The van der Waals surface area contributed by atoms with E-state index in [0.29, 0.717) is 23.9 Å². The predicted molar refractivity (Wildman–Crippen MR) is 303 cm³/mol. The number of phosphoric ester groups is 1. The highest BCUT2D eigenvalue weighted by Gasteiger charge is 2.27. The van der Waals surface area contributed by atoms with Gasteiger partial charge in [-0.1, -0.05) is 262 Å². The lowest BCUT2D eigenvalue weighted by molar-refractivity contribution is -0.870. The molecule has 9 nitrogen and oxygen atoms in total. The quantitative estimate of drug-likeness (QED) is 0.0211. The molecule has 0 saturated heterocycles. The third kappa shape index (κ3) is 57.1. The Morgan fingerprint density at radius 1 is 0.451 bits per heavy atom. The van der Waals surface area contributed by atoms with Crippen LogP contribution < -0.4 is 0 Å². The Labute approximate surface area is 439 Å². The normalized spacial score (nSPS) is 13.6. The molecule has 416 valence electrons. The van der Waals surface area contributed by atoms with Crippen molar-refractivity contribution in [3.63, 3.8) is 0 Å². The number of rotatable bonds is 55. The van der Waals surface area contributed by atoms with E-state index in [-0.39, 0.29) is 25.6 Å². The number of hydrogen-bond acceptors (Lipinski definition) is 7. The molecule has 0 bridgehead atoms. The summed E-state index contributed by atoms with van der Waals surface area (Å²) in [6.45, 7) is 4.35. The van der Waals surface area contributed by atoms with Gasteiger partial charge in [0, 0.05) is 12.8 Å². The number of unbranched alkanes of at least 4 members (excludes halogenated alkanes) is 33. The number of carbonyl (C=O) groups is 2. The first kappa shape index (κ1) is 69.0. The summed E-state index contributed by atoms with van der Waals surface area (Å²) in [4.78, 5) is 35.6. The number of nitrogens with zero attached hydrogens (tertiary/aromatic N) is 1. The van der Waals surface area contributed by atoms with Crippen LogP contribution >= 0.6 is 7.82 Å². The van der Waals surface area contributed by atoms with Crippen LogP contribution in [0.5, 0.6) is 0 Å². The number of ether oxygens (including phenoxy) is 2. The topological polar surface area (TPSA) is 108 Å². The largest absolute Gasteiger partial charge is 0.472 e. The zero-order valence-corrected chi connectivity index (χ0v) is 48.1. The summed E-state index contributed by atoms with van der Waals surface area (Å²) in [6.07, 6.45) is 66.3. The number of quaternary nitrogens is 1. The number of phosphoric acid groups is 1. The standard InChI is InChI=1S/C61H114NO8P/c1-6-8-10-12-14-16-18-20-21-22-23-24-25-26-27-28-29-30-31-32-33-34-35-36-37-38-39-40-41-42-44-46-48-50-52-54-61(64)70-59(58-69-71(65,66)68-56-55-62(3,4)5)57-67-60(63)53-51-49-47-45-43-19-17-15-13-11-9-7-2/h8,10,14,16,20-21,23-24,59H,6-7,9,11-13,15,17-19,22,25-58H2,1-5H3/p+1/b10-8-,16-14-,21-20-,24-23-. The van der Waals surface area contributed by atoms with Gasteiger partial charge in [-0.05, 0) is 51.4 Å². The molecule has 0 aliphatic rings. The molecule has 1 N–H and O–H groups in total. The van der Waals surface area contributed by atoms with E-state index in [1.807, 2.05) is 21.1 Å². The fourth-order valence-electron chi connectivity index (χ4n) is 8.54. The minimum Gasteiger partial charge on any atom is -0.462 e. The van der Waals surface area contributed by atoms with Gasteiger partial charge in [-0.2, -0.15) is 0 Å². The molecule has 0 aromatic heterocycles. The van der Waals surface area contributed by atoms with Gasteiger partial charge in [0.1, 0.15) is 19.8 Å². The number of esters is 2. The van der Waals surface area contributed by atoms with Gasteiger partial charge in [-0.25, -0.2) is 4.57 Å². The van der Waals surface area contributed by atoms with Gasteiger partial charge < -0.3 is 18.9 Å². The van der Waals surface area contributed by atoms with Gasteiger partial charge in [-0.15, -0.1) is 0 Å². The van der Waals surface area contributed by atoms with Crippen molar-refractivity contribution >= 4 is 19.8 Å². The molecule has 10 heteroatoms. The van der Waals surface area contributed by atoms with E-state index in [0.717, 1.165) is 57.8 Å². The molecule has 2 atom stereocenters. The van der Waals surface area contributed by atoms with E-state index in [1.165, 1.54) is 186 Å². The zero-order valence-electron chi connectivity index (χ0n) is 47.2. The molecule has 0 aliphatic heterocycles. The van der Waals surface area contributed by atoms with E-state index in [1.54, 1.807) is 0 Å².